The van der Waals surface area contributed by atoms with E-state index in [0.29, 0.717) is 6.54 Å². The van der Waals surface area contributed by atoms with Gasteiger partial charge in [0, 0.05) is 12.1 Å². The molecule has 0 bridgehead atoms. The van der Waals surface area contributed by atoms with Crippen LogP contribution in [0.25, 0.3) is 22.4 Å². The van der Waals surface area contributed by atoms with Crippen LogP contribution >= 0.6 is 0 Å². The van der Waals surface area contributed by atoms with Gasteiger partial charge in [0.15, 0.2) is 0 Å². The highest BCUT2D eigenvalue weighted by atomic mass is 19.1. The number of hydrogen-bond donors (Lipinski definition) is 1. The van der Waals surface area contributed by atoms with E-state index in [0.717, 1.165) is 41.8 Å². The molecule has 0 saturated carbocycles. The van der Waals surface area contributed by atoms with Crippen LogP contribution in [0.1, 0.15) is 12.8 Å². The summed E-state index contributed by atoms with van der Waals surface area (Å²) in [6, 6.07) is 14.6. The third-order valence-electron chi connectivity index (χ3n) is 3.59. The molecule has 108 valence electrons. The Labute approximate surface area is 123 Å². The predicted molar refractivity (Wildman–Crippen MR) is 83.4 cm³/mol. The number of halogens is 1. The number of nitrogens with zero attached hydrogens (tertiary/aromatic N) is 2. The number of aryl methyl sites for hydroxylation is 1. The Morgan fingerprint density at radius 3 is 2.52 bits per heavy atom. The molecule has 3 aromatic rings. The van der Waals surface area contributed by atoms with Gasteiger partial charge in [-0.15, -0.1) is 0 Å². The molecule has 3 rings (SSSR count). The van der Waals surface area contributed by atoms with Crippen molar-refractivity contribution in [3.63, 3.8) is 0 Å². The lowest BCUT2D eigenvalue weighted by Gasteiger charge is -2.09. The number of benzene rings is 2. The van der Waals surface area contributed by atoms with Crippen LogP contribution in [-0.4, -0.2) is 16.1 Å². The Hall–Kier alpha value is -2.20. The molecule has 0 atom stereocenters. The first-order valence-corrected chi connectivity index (χ1v) is 7.21. The summed E-state index contributed by atoms with van der Waals surface area (Å²) < 4.78 is 15.3. The van der Waals surface area contributed by atoms with Crippen molar-refractivity contribution < 1.29 is 4.39 Å². The van der Waals surface area contributed by atoms with Gasteiger partial charge in [-0.2, -0.15) is 0 Å². The lowest BCUT2D eigenvalue weighted by molar-refractivity contribution is 0.625. The van der Waals surface area contributed by atoms with Gasteiger partial charge < -0.3 is 10.3 Å². The van der Waals surface area contributed by atoms with Crippen LogP contribution in [-0.2, 0) is 6.54 Å². The molecule has 21 heavy (non-hydrogen) atoms. The highest BCUT2D eigenvalue weighted by molar-refractivity contribution is 5.80. The molecule has 0 spiro atoms. The standard InChI is InChI=1S/C17H18FN3/c18-14-9-7-13(8-10-14)17-20-15-5-1-2-6-16(15)21(17)12-4-3-11-19/h1-2,5-10H,3-4,11-12,19H2. The molecule has 0 unspecified atom stereocenters. The summed E-state index contributed by atoms with van der Waals surface area (Å²) in [4.78, 5) is 4.70. The van der Waals surface area contributed by atoms with Gasteiger partial charge in [-0.05, 0) is 55.8 Å². The number of imidazole rings is 1. The van der Waals surface area contributed by atoms with Crippen molar-refractivity contribution in [2.24, 2.45) is 5.73 Å². The molecular formula is C17H18FN3. The topological polar surface area (TPSA) is 43.8 Å². The van der Waals surface area contributed by atoms with Crippen molar-refractivity contribution in [1.82, 2.24) is 9.55 Å². The lowest BCUT2D eigenvalue weighted by atomic mass is 10.2. The van der Waals surface area contributed by atoms with E-state index in [-0.39, 0.29) is 5.82 Å². The summed E-state index contributed by atoms with van der Waals surface area (Å²) in [5.41, 5.74) is 8.58. The summed E-state index contributed by atoms with van der Waals surface area (Å²) >= 11 is 0. The maximum atomic E-state index is 13.1. The average Bonchev–Trinajstić information content (AvgIpc) is 2.87. The molecule has 0 saturated heterocycles. The number of para-hydroxylation sites is 2. The second-order valence-corrected chi connectivity index (χ2v) is 5.08. The van der Waals surface area contributed by atoms with Crippen molar-refractivity contribution >= 4 is 11.0 Å². The fraction of sp³-hybridized carbons (Fsp3) is 0.235. The monoisotopic (exact) mass is 283 g/mol. The van der Waals surface area contributed by atoms with E-state index in [9.17, 15) is 4.39 Å². The Kier molecular flexibility index (Phi) is 3.97. The van der Waals surface area contributed by atoms with E-state index in [2.05, 4.69) is 10.6 Å². The summed E-state index contributed by atoms with van der Waals surface area (Å²) in [7, 11) is 0. The third kappa shape index (κ3) is 2.81. The molecule has 2 aromatic carbocycles. The van der Waals surface area contributed by atoms with E-state index in [1.54, 1.807) is 12.1 Å². The highest BCUT2D eigenvalue weighted by Gasteiger charge is 2.11. The molecule has 0 fully saturated rings. The van der Waals surface area contributed by atoms with Crippen LogP contribution in [0, 0.1) is 5.82 Å². The Bertz CT molecular complexity index is 731. The fourth-order valence-corrected chi connectivity index (χ4v) is 2.54. The molecule has 0 aliphatic rings. The number of aromatic nitrogens is 2. The van der Waals surface area contributed by atoms with Gasteiger partial charge >= 0.3 is 0 Å². The van der Waals surface area contributed by atoms with Crippen LogP contribution in [0.5, 0.6) is 0 Å². The molecule has 2 N–H and O–H groups in total. The summed E-state index contributed by atoms with van der Waals surface area (Å²) in [6.45, 7) is 1.56. The lowest BCUT2D eigenvalue weighted by Crippen LogP contribution is -2.04. The zero-order valence-electron chi connectivity index (χ0n) is 11.8. The first-order chi connectivity index (χ1) is 10.3. The number of rotatable bonds is 5. The van der Waals surface area contributed by atoms with Crippen molar-refractivity contribution in [2.45, 2.75) is 19.4 Å². The summed E-state index contributed by atoms with van der Waals surface area (Å²) in [6.07, 6.45) is 1.99. The van der Waals surface area contributed by atoms with Gasteiger partial charge in [0.2, 0.25) is 0 Å². The first kappa shape index (κ1) is 13.8. The first-order valence-electron chi connectivity index (χ1n) is 7.21. The molecule has 3 nitrogen and oxygen atoms in total. The minimum Gasteiger partial charge on any atom is -0.330 e. The van der Waals surface area contributed by atoms with Crippen LogP contribution in [0.15, 0.2) is 48.5 Å². The molecular weight excluding hydrogens is 265 g/mol. The van der Waals surface area contributed by atoms with Gasteiger partial charge in [0.25, 0.3) is 0 Å². The van der Waals surface area contributed by atoms with E-state index >= 15 is 0 Å². The van der Waals surface area contributed by atoms with Gasteiger partial charge in [-0.25, -0.2) is 9.37 Å². The molecule has 0 amide bonds. The molecule has 0 aliphatic heterocycles. The maximum Gasteiger partial charge on any atom is 0.141 e. The van der Waals surface area contributed by atoms with Crippen molar-refractivity contribution in [3.05, 3.63) is 54.3 Å². The van der Waals surface area contributed by atoms with Crippen molar-refractivity contribution in [3.8, 4) is 11.4 Å². The Morgan fingerprint density at radius 2 is 1.76 bits per heavy atom. The maximum absolute atomic E-state index is 13.1. The number of nitrogens with two attached hydrogens (primary N) is 1. The van der Waals surface area contributed by atoms with Crippen molar-refractivity contribution in [1.29, 1.82) is 0 Å². The Morgan fingerprint density at radius 1 is 1.00 bits per heavy atom. The number of unbranched alkanes of at least 4 members (excludes halogenated alkanes) is 1. The molecule has 0 aliphatic carbocycles. The van der Waals surface area contributed by atoms with Crippen LogP contribution < -0.4 is 5.73 Å². The van der Waals surface area contributed by atoms with Gasteiger partial charge in [0.1, 0.15) is 11.6 Å². The SMILES string of the molecule is NCCCCn1c(-c2ccc(F)cc2)nc2ccccc21. The van der Waals surface area contributed by atoms with E-state index in [1.807, 2.05) is 18.2 Å². The quantitative estimate of drug-likeness (QED) is 0.727. The molecule has 1 aromatic heterocycles. The van der Waals surface area contributed by atoms with E-state index in [4.69, 9.17) is 10.7 Å². The molecule has 0 radical (unpaired) electrons. The number of fused-ring (bicyclic) bond motifs is 1. The minimum atomic E-state index is -0.232. The fourth-order valence-electron chi connectivity index (χ4n) is 2.54. The minimum absolute atomic E-state index is 0.232. The zero-order chi connectivity index (χ0) is 14.7. The highest BCUT2D eigenvalue weighted by Crippen LogP contribution is 2.25. The van der Waals surface area contributed by atoms with Gasteiger partial charge in [-0.3, -0.25) is 0 Å². The normalized spacial score (nSPS) is 11.1. The summed E-state index contributed by atoms with van der Waals surface area (Å²) in [5, 5.41) is 0. The Balaban J connectivity index is 2.07. The van der Waals surface area contributed by atoms with Gasteiger partial charge in [-0.1, -0.05) is 12.1 Å². The predicted octanol–water partition coefficient (Wildman–Crippen LogP) is 3.58. The largest absolute Gasteiger partial charge is 0.330 e. The second-order valence-electron chi connectivity index (χ2n) is 5.08. The van der Waals surface area contributed by atoms with Crippen LogP contribution in [0.2, 0.25) is 0 Å². The summed E-state index contributed by atoms with van der Waals surface area (Å²) in [5.74, 6) is 0.651. The third-order valence-corrected chi connectivity index (χ3v) is 3.59. The average molecular weight is 283 g/mol. The van der Waals surface area contributed by atoms with Crippen LogP contribution in [0.4, 0.5) is 4.39 Å². The van der Waals surface area contributed by atoms with Crippen LogP contribution in [0.3, 0.4) is 0 Å². The van der Waals surface area contributed by atoms with Crippen molar-refractivity contribution in [2.75, 3.05) is 6.54 Å². The van der Waals surface area contributed by atoms with Gasteiger partial charge in [0.05, 0.1) is 11.0 Å². The molecule has 4 heteroatoms. The molecule has 1 heterocycles. The second kappa shape index (κ2) is 6.06. The zero-order valence-corrected chi connectivity index (χ0v) is 11.8. The van der Waals surface area contributed by atoms with E-state index in [1.165, 1.54) is 12.1 Å². The number of hydrogen-bond acceptors (Lipinski definition) is 2. The van der Waals surface area contributed by atoms with E-state index < -0.39 is 0 Å². The smallest absolute Gasteiger partial charge is 0.141 e.